The second-order valence-electron chi connectivity index (χ2n) is 6.03. The number of hydrogen-bond donors (Lipinski definition) is 1. The third kappa shape index (κ3) is 3.79. The molecule has 1 nitrogen and oxygen atoms in total. The molecule has 0 radical (unpaired) electrons. The second-order valence-corrected chi connectivity index (χ2v) is 6.03. The lowest BCUT2D eigenvalue weighted by molar-refractivity contribution is 0.221. The Balaban J connectivity index is 2.21. The van der Waals surface area contributed by atoms with Crippen LogP contribution in [0, 0.1) is 23.7 Å². The summed E-state index contributed by atoms with van der Waals surface area (Å²) in [4.78, 5) is 0. The predicted molar refractivity (Wildman–Crippen MR) is 67.7 cm³/mol. The van der Waals surface area contributed by atoms with E-state index in [9.17, 15) is 0 Å². The molecule has 1 aliphatic rings. The van der Waals surface area contributed by atoms with Crippen LogP contribution in [0.3, 0.4) is 0 Å². The molecule has 15 heavy (non-hydrogen) atoms. The number of hydrogen-bond acceptors (Lipinski definition) is 1. The van der Waals surface area contributed by atoms with Gasteiger partial charge in [-0.05, 0) is 23.7 Å². The molecule has 1 saturated carbocycles. The molecule has 0 aliphatic heterocycles. The fourth-order valence-electron chi connectivity index (χ4n) is 2.53. The largest absolute Gasteiger partial charge is 0.327 e. The highest BCUT2D eigenvalue weighted by Crippen LogP contribution is 2.33. The average Bonchev–Trinajstić information content (AvgIpc) is 2.12. The van der Waals surface area contributed by atoms with E-state index in [4.69, 9.17) is 5.73 Å². The Morgan fingerprint density at radius 1 is 1.13 bits per heavy atom. The Morgan fingerprint density at radius 2 is 1.73 bits per heavy atom. The average molecular weight is 211 g/mol. The summed E-state index contributed by atoms with van der Waals surface area (Å²) >= 11 is 0. The van der Waals surface area contributed by atoms with Crippen molar-refractivity contribution in [1.29, 1.82) is 0 Å². The fraction of sp³-hybridized carbons (Fsp3) is 1.00. The molecular formula is C14H29N. The molecule has 0 aromatic rings. The first-order chi connectivity index (χ1) is 7.02. The highest BCUT2D eigenvalue weighted by Gasteiger charge is 2.24. The summed E-state index contributed by atoms with van der Waals surface area (Å²) < 4.78 is 0. The van der Waals surface area contributed by atoms with Gasteiger partial charge >= 0.3 is 0 Å². The van der Waals surface area contributed by atoms with Crippen molar-refractivity contribution in [3.8, 4) is 0 Å². The van der Waals surface area contributed by atoms with E-state index >= 15 is 0 Å². The van der Waals surface area contributed by atoms with Crippen molar-refractivity contribution in [3.63, 3.8) is 0 Å². The van der Waals surface area contributed by atoms with Crippen molar-refractivity contribution in [2.75, 3.05) is 0 Å². The summed E-state index contributed by atoms with van der Waals surface area (Å²) in [5.74, 6) is 3.13. The molecule has 1 fully saturated rings. The zero-order valence-corrected chi connectivity index (χ0v) is 11.0. The molecule has 1 rings (SSSR count). The maximum Gasteiger partial charge on any atom is 0.00902 e. The van der Waals surface area contributed by atoms with Crippen molar-refractivity contribution in [2.24, 2.45) is 29.4 Å². The fourth-order valence-corrected chi connectivity index (χ4v) is 2.53. The lowest BCUT2D eigenvalue weighted by Crippen LogP contribution is -2.37. The molecule has 0 heterocycles. The van der Waals surface area contributed by atoms with E-state index in [1.807, 2.05) is 0 Å². The smallest absolute Gasteiger partial charge is 0.00902 e. The van der Waals surface area contributed by atoms with E-state index in [1.165, 1.54) is 32.1 Å². The van der Waals surface area contributed by atoms with Gasteiger partial charge in [0.2, 0.25) is 0 Å². The van der Waals surface area contributed by atoms with Crippen LogP contribution in [0.15, 0.2) is 0 Å². The van der Waals surface area contributed by atoms with E-state index in [-0.39, 0.29) is 0 Å². The van der Waals surface area contributed by atoms with Crippen LogP contribution in [-0.4, -0.2) is 6.04 Å². The lowest BCUT2D eigenvalue weighted by Gasteiger charge is -2.31. The van der Waals surface area contributed by atoms with Gasteiger partial charge in [-0.15, -0.1) is 0 Å². The topological polar surface area (TPSA) is 26.0 Å². The first-order valence-corrected chi connectivity index (χ1v) is 6.78. The summed E-state index contributed by atoms with van der Waals surface area (Å²) in [5, 5.41) is 0. The molecule has 3 unspecified atom stereocenters. The molecule has 0 bridgehead atoms. The summed E-state index contributed by atoms with van der Waals surface area (Å²) in [6, 6.07) is 0.376. The standard InChI is InChI=1S/C14H29N/c1-10(2)14(15)12(4)11(3)8-9-13-6-5-7-13/h10-14H,5-9,15H2,1-4H3. The highest BCUT2D eigenvalue weighted by molar-refractivity contribution is 4.78. The number of rotatable bonds is 6. The molecule has 1 aliphatic carbocycles. The van der Waals surface area contributed by atoms with E-state index < -0.39 is 0 Å². The Kier molecular flexibility index (Phi) is 5.11. The van der Waals surface area contributed by atoms with Gasteiger partial charge in [-0.1, -0.05) is 59.8 Å². The molecule has 3 atom stereocenters. The van der Waals surface area contributed by atoms with Crippen molar-refractivity contribution in [2.45, 2.75) is 65.8 Å². The molecule has 0 saturated heterocycles. The third-order valence-electron chi connectivity index (χ3n) is 4.53. The molecule has 1 heteroatoms. The van der Waals surface area contributed by atoms with Gasteiger partial charge in [-0.25, -0.2) is 0 Å². The molecule has 2 N–H and O–H groups in total. The third-order valence-corrected chi connectivity index (χ3v) is 4.53. The highest BCUT2D eigenvalue weighted by atomic mass is 14.7. The van der Waals surface area contributed by atoms with Gasteiger partial charge in [-0.2, -0.15) is 0 Å². The summed E-state index contributed by atoms with van der Waals surface area (Å²) in [7, 11) is 0. The van der Waals surface area contributed by atoms with E-state index in [2.05, 4.69) is 27.7 Å². The van der Waals surface area contributed by atoms with Gasteiger partial charge in [0, 0.05) is 6.04 Å². The van der Waals surface area contributed by atoms with Crippen LogP contribution in [0.4, 0.5) is 0 Å². The van der Waals surface area contributed by atoms with Crippen LogP contribution < -0.4 is 5.73 Å². The Bertz CT molecular complexity index is 172. The minimum Gasteiger partial charge on any atom is -0.327 e. The van der Waals surface area contributed by atoms with Gasteiger partial charge < -0.3 is 5.73 Å². The molecular weight excluding hydrogens is 182 g/mol. The normalized spacial score (nSPS) is 23.6. The summed E-state index contributed by atoms with van der Waals surface area (Å²) in [6.07, 6.45) is 7.26. The van der Waals surface area contributed by atoms with Crippen molar-refractivity contribution in [1.82, 2.24) is 0 Å². The Morgan fingerprint density at radius 3 is 2.13 bits per heavy atom. The molecule has 0 spiro atoms. The van der Waals surface area contributed by atoms with Gasteiger partial charge in [0.1, 0.15) is 0 Å². The zero-order chi connectivity index (χ0) is 11.4. The van der Waals surface area contributed by atoms with Crippen molar-refractivity contribution >= 4 is 0 Å². The molecule has 0 aromatic carbocycles. The molecule has 0 aromatic heterocycles. The first kappa shape index (κ1) is 13.0. The van der Waals surface area contributed by atoms with E-state index in [1.54, 1.807) is 0 Å². The maximum atomic E-state index is 6.21. The van der Waals surface area contributed by atoms with Gasteiger partial charge in [-0.3, -0.25) is 0 Å². The summed E-state index contributed by atoms with van der Waals surface area (Å²) in [6.45, 7) is 9.18. The van der Waals surface area contributed by atoms with Crippen LogP contribution in [0.1, 0.15) is 59.8 Å². The maximum absolute atomic E-state index is 6.21. The Hall–Kier alpha value is -0.0400. The number of nitrogens with two attached hydrogens (primary N) is 1. The van der Waals surface area contributed by atoms with Crippen molar-refractivity contribution < 1.29 is 0 Å². The van der Waals surface area contributed by atoms with Crippen LogP contribution in [0.5, 0.6) is 0 Å². The molecule has 0 amide bonds. The molecule has 90 valence electrons. The monoisotopic (exact) mass is 211 g/mol. The van der Waals surface area contributed by atoms with Crippen LogP contribution >= 0.6 is 0 Å². The van der Waals surface area contributed by atoms with Gasteiger partial charge in [0.15, 0.2) is 0 Å². The van der Waals surface area contributed by atoms with E-state index in [0.29, 0.717) is 17.9 Å². The zero-order valence-electron chi connectivity index (χ0n) is 11.0. The van der Waals surface area contributed by atoms with Crippen molar-refractivity contribution in [3.05, 3.63) is 0 Å². The minimum atomic E-state index is 0.376. The SMILES string of the molecule is CC(C)C(N)C(C)C(C)CCC1CCC1. The minimum absolute atomic E-state index is 0.376. The van der Waals surface area contributed by atoms with Crippen LogP contribution in [0.2, 0.25) is 0 Å². The van der Waals surface area contributed by atoms with Gasteiger partial charge in [0.05, 0.1) is 0 Å². The lowest BCUT2D eigenvalue weighted by atomic mass is 9.76. The van der Waals surface area contributed by atoms with Crippen LogP contribution in [-0.2, 0) is 0 Å². The quantitative estimate of drug-likeness (QED) is 0.710. The Labute approximate surface area is 95.8 Å². The first-order valence-electron chi connectivity index (χ1n) is 6.78. The van der Waals surface area contributed by atoms with Gasteiger partial charge in [0.25, 0.3) is 0 Å². The summed E-state index contributed by atoms with van der Waals surface area (Å²) in [5.41, 5.74) is 6.21. The predicted octanol–water partition coefficient (Wildman–Crippen LogP) is 3.82. The van der Waals surface area contributed by atoms with E-state index in [0.717, 1.165) is 11.8 Å². The van der Waals surface area contributed by atoms with Crippen LogP contribution in [0.25, 0.3) is 0 Å². The second kappa shape index (κ2) is 5.89.